The monoisotopic (exact) mass is 278 g/mol. The summed E-state index contributed by atoms with van der Waals surface area (Å²) < 4.78 is 1.54. The lowest BCUT2D eigenvalue weighted by molar-refractivity contribution is 0.0953. The predicted octanol–water partition coefficient (Wildman–Crippen LogP) is 0.693. The molecule has 3 N–H and O–H groups in total. The van der Waals surface area contributed by atoms with Crippen molar-refractivity contribution in [3.63, 3.8) is 0 Å². The van der Waals surface area contributed by atoms with Crippen molar-refractivity contribution >= 4 is 23.4 Å². The molecule has 1 aromatic heterocycles. The Morgan fingerprint density at radius 2 is 2.32 bits per heavy atom. The number of nitrogens with one attached hydrogen (secondary N) is 1. The fourth-order valence-electron chi connectivity index (χ4n) is 1.47. The molecule has 19 heavy (non-hydrogen) atoms. The molecular weight excluding hydrogens is 264 g/mol. The number of nitrogens with two attached hydrogens (primary N) is 1. The largest absolute Gasteiger partial charge is 0.399 e. The van der Waals surface area contributed by atoms with E-state index >= 15 is 0 Å². The second kappa shape index (κ2) is 5.70. The first-order valence-electron chi connectivity index (χ1n) is 5.69. The zero-order chi connectivity index (χ0) is 13.8. The van der Waals surface area contributed by atoms with Crippen LogP contribution in [0.25, 0.3) is 0 Å². The minimum absolute atomic E-state index is 0.139. The Morgan fingerprint density at radius 1 is 1.53 bits per heavy atom. The van der Waals surface area contributed by atoms with Gasteiger partial charge in [0, 0.05) is 24.2 Å². The average molecular weight is 278 g/mol. The topological polar surface area (TPSA) is 98.7 Å². The van der Waals surface area contributed by atoms with Crippen LogP contribution in [-0.2, 0) is 7.05 Å². The second-order valence-corrected chi connectivity index (χ2v) is 4.81. The summed E-state index contributed by atoms with van der Waals surface area (Å²) in [7, 11) is 1.74. The molecular formula is C11H14N6OS. The quantitative estimate of drug-likeness (QED) is 0.798. The van der Waals surface area contributed by atoms with Gasteiger partial charge in [0.25, 0.3) is 5.91 Å². The van der Waals surface area contributed by atoms with E-state index in [0.29, 0.717) is 23.0 Å². The molecule has 7 nitrogen and oxygen atoms in total. The van der Waals surface area contributed by atoms with Crippen molar-refractivity contribution in [1.29, 1.82) is 0 Å². The third-order valence-electron chi connectivity index (χ3n) is 2.37. The van der Waals surface area contributed by atoms with Crippen LogP contribution in [0.2, 0.25) is 0 Å². The molecule has 0 radical (unpaired) electrons. The summed E-state index contributed by atoms with van der Waals surface area (Å²) in [5, 5.41) is 14.5. The Balaban J connectivity index is 2.35. The normalized spacial score (nSPS) is 10.4. The number of anilines is 1. The highest BCUT2D eigenvalue weighted by Crippen LogP contribution is 2.30. The molecule has 0 aliphatic carbocycles. The lowest BCUT2D eigenvalue weighted by Crippen LogP contribution is -2.23. The fourth-order valence-corrected chi connectivity index (χ4v) is 2.38. The molecule has 2 aromatic rings. The van der Waals surface area contributed by atoms with Gasteiger partial charge in [-0.15, -0.1) is 5.10 Å². The smallest absolute Gasteiger partial charge is 0.252 e. The van der Waals surface area contributed by atoms with Crippen LogP contribution in [0.4, 0.5) is 5.69 Å². The van der Waals surface area contributed by atoms with Crippen molar-refractivity contribution in [2.75, 3.05) is 12.3 Å². The second-order valence-electron chi connectivity index (χ2n) is 3.80. The van der Waals surface area contributed by atoms with Crippen LogP contribution < -0.4 is 11.1 Å². The zero-order valence-electron chi connectivity index (χ0n) is 10.6. The molecule has 100 valence electrons. The first-order valence-corrected chi connectivity index (χ1v) is 6.51. The van der Waals surface area contributed by atoms with E-state index in [4.69, 9.17) is 5.73 Å². The zero-order valence-corrected chi connectivity index (χ0v) is 11.4. The average Bonchev–Trinajstić information content (AvgIpc) is 2.75. The Labute approximate surface area is 114 Å². The van der Waals surface area contributed by atoms with E-state index in [-0.39, 0.29) is 5.91 Å². The summed E-state index contributed by atoms with van der Waals surface area (Å²) >= 11 is 1.30. The van der Waals surface area contributed by atoms with Gasteiger partial charge in [-0.1, -0.05) is 0 Å². The number of amides is 1. The van der Waals surface area contributed by atoms with E-state index in [1.807, 2.05) is 6.92 Å². The first-order chi connectivity index (χ1) is 9.11. The maximum atomic E-state index is 12.0. The number of benzene rings is 1. The number of nitrogens with zero attached hydrogens (tertiary/aromatic N) is 4. The predicted molar refractivity (Wildman–Crippen MR) is 71.8 cm³/mol. The van der Waals surface area contributed by atoms with Gasteiger partial charge in [-0.3, -0.25) is 4.79 Å². The van der Waals surface area contributed by atoms with Gasteiger partial charge in [0.15, 0.2) is 0 Å². The summed E-state index contributed by atoms with van der Waals surface area (Å²) in [5.41, 5.74) is 6.91. The number of rotatable bonds is 4. The van der Waals surface area contributed by atoms with Crippen LogP contribution in [0.15, 0.2) is 28.3 Å². The van der Waals surface area contributed by atoms with Crippen LogP contribution in [0.1, 0.15) is 17.3 Å². The Hall–Kier alpha value is -2.09. The molecule has 8 heteroatoms. The molecule has 0 saturated heterocycles. The number of tetrazole rings is 1. The lowest BCUT2D eigenvalue weighted by Gasteiger charge is -2.09. The number of carbonyl (C=O) groups excluding carboxylic acids is 1. The maximum Gasteiger partial charge on any atom is 0.252 e. The highest BCUT2D eigenvalue weighted by Gasteiger charge is 2.14. The molecule has 2 rings (SSSR count). The molecule has 1 amide bonds. The van der Waals surface area contributed by atoms with Crippen molar-refractivity contribution in [3.8, 4) is 0 Å². The number of hydrogen-bond donors (Lipinski definition) is 2. The van der Waals surface area contributed by atoms with E-state index in [9.17, 15) is 4.79 Å². The van der Waals surface area contributed by atoms with E-state index in [2.05, 4.69) is 20.8 Å². The van der Waals surface area contributed by atoms with Gasteiger partial charge in [-0.25, -0.2) is 4.68 Å². The summed E-state index contributed by atoms with van der Waals surface area (Å²) in [6.45, 7) is 2.44. The van der Waals surface area contributed by atoms with E-state index in [1.54, 1.807) is 25.2 Å². The van der Waals surface area contributed by atoms with Crippen LogP contribution in [0.5, 0.6) is 0 Å². The van der Waals surface area contributed by atoms with Gasteiger partial charge in [0.2, 0.25) is 5.16 Å². The molecule has 0 atom stereocenters. The number of nitrogen functional groups attached to an aromatic ring is 1. The minimum Gasteiger partial charge on any atom is -0.399 e. The van der Waals surface area contributed by atoms with Gasteiger partial charge < -0.3 is 11.1 Å². The lowest BCUT2D eigenvalue weighted by atomic mass is 10.2. The third-order valence-corrected chi connectivity index (χ3v) is 3.46. The SMILES string of the molecule is CCNC(=O)c1ccc(N)cc1Sc1nnnn1C. The van der Waals surface area contributed by atoms with Crippen molar-refractivity contribution in [2.24, 2.45) is 7.05 Å². The molecule has 0 spiro atoms. The summed E-state index contributed by atoms with van der Waals surface area (Å²) in [4.78, 5) is 12.7. The first kappa shape index (κ1) is 13.3. The van der Waals surface area contributed by atoms with Gasteiger partial charge in [0.05, 0.1) is 5.56 Å². The van der Waals surface area contributed by atoms with Gasteiger partial charge in [-0.2, -0.15) is 0 Å². The number of hydrogen-bond acceptors (Lipinski definition) is 6. The molecule has 1 heterocycles. The molecule has 1 aromatic carbocycles. The standard InChI is InChI=1S/C11H14N6OS/c1-3-13-10(18)8-5-4-7(12)6-9(8)19-11-14-15-16-17(11)2/h4-6H,3,12H2,1-2H3,(H,13,18). The Morgan fingerprint density at radius 3 is 2.95 bits per heavy atom. The van der Waals surface area contributed by atoms with Gasteiger partial charge in [0.1, 0.15) is 0 Å². The Bertz CT molecular complexity index is 597. The molecule has 0 bridgehead atoms. The fraction of sp³-hybridized carbons (Fsp3) is 0.273. The molecule has 0 aliphatic heterocycles. The van der Waals surface area contributed by atoms with Crippen molar-refractivity contribution < 1.29 is 4.79 Å². The van der Waals surface area contributed by atoms with Crippen molar-refractivity contribution in [1.82, 2.24) is 25.5 Å². The van der Waals surface area contributed by atoms with Gasteiger partial charge in [-0.05, 0) is 47.3 Å². The van der Waals surface area contributed by atoms with E-state index in [0.717, 1.165) is 4.90 Å². The highest BCUT2D eigenvalue weighted by molar-refractivity contribution is 7.99. The van der Waals surface area contributed by atoms with Crippen LogP contribution >= 0.6 is 11.8 Å². The van der Waals surface area contributed by atoms with E-state index < -0.39 is 0 Å². The maximum absolute atomic E-state index is 12.0. The van der Waals surface area contributed by atoms with E-state index in [1.165, 1.54) is 16.4 Å². The summed E-state index contributed by atoms with van der Waals surface area (Å²) in [6, 6.07) is 5.14. The van der Waals surface area contributed by atoms with Gasteiger partial charge >= 0.3 is 0 Å². The molecule has 0 saturated carbocycles. The Kier molecular flexibility index (Phi) is 4.00. The number of aromatic nitrogens is 4. The molecule has 0 fully saturated rings. The minimum atomic E-state index is -0.139. The molecule has 0 unspecified atom stereocenters. The molecule has 0 aliphatic rings. The van der Waals surface area contributed by atoms with Crippen molar-refractivity contribution in [2.45, 2.75) is 17.0 Å². The number of aryl methyl sites for hydroxylation is 1. The number of carbonyl (C=O) groups is 1. The third kappa shape index (κ3) is 3.02. The van der Waals surface area contributed by atoms with Crippen LogP contribution in [0, 0.1) is 0 Å². The van der Waals surface area contributed by atoms with Crippen molar-refractivity contribution in [3.05, 3.63) is 23.8 Å². The van der Waals surface area contributed by atoms with Crippen LogP contribution in [0.3, 0.4) is 0 Å². The van der Waals surface area contributed by atoms with Crippen LogP contribution in [-0.4, -0.2) is 32.7 Å². The summed E-state index contributed by atoms with van der Waals surface area (Å²) in [5.74, 6) is -0.139. The highest BCUT2D eigenvalue weighted by atomic mass is 32.2. The summed E-state index contributed by atoms with van der Waals surface area (Å²) in [6.07, 6.45) is 0.